The first-order valence-electron chi connectivity index (χ1n) is 25.9. The van der Waals surface area contributed by atoms with E-state index < -0.39 is 34.3 Å². The van der Waals surface area contributed by atoms with Crippen molar-refractivity contribution in [2.75, 3.05) is 7.11 Å². The van der Waals surface area contributed by atoms with E-state index in [-0.39, 0.29) is 30.2 Å². The van der Waals surface area contributed by atoms with Gasteiger partial charge >= 0.3 is 11.9 Å². The van der Waals surface area contributed by atoms with Gasteiger partial charge in [0, 0.05) is 24.5 Å². The minimum atomic E-state index is -2.40. The van der Waals surface area contributed by atoms with Crippen molar-refractivity contribution in [1.82, 2.24) is 0 Å². The largest absolute Gasteiger partial charge is 0.497 e. The Balaban J connectivity index is 2.78. The fourth-order valence-corrected chi connectivity index (χ4v) is 21.5. The average molecular weight is 978 g/mol. The van der Waals surface area contributed by atoms with Gasteiger partial charge in [-0.15, -0.1) is 0 Å². The number of benzene rings is 1. The van der Waals surface area contributed by atoms with E-state index >= 15 is 0 Å². The van der Waals surface area contributed by atoms with E-state index in [1.807, 2.05) is 52.0 Å². The van der Waals surface area contributed by atoms with Gasteiger partial charge < -0.3 is 27.8 Å². The zero-order valence-electron chi connectivity index (χ0n) is 46.1. The zero-order chi connectivity index (χ0) is 51.4. The Hall–Kier alpha value is -3.29. The monoisotopic (exact) mass is 977 g/mol. The summed E-state index contributed by atoms with van der Waals surface area (Å²) in [7, 11) is -3.00. The van der Waals surface area contributed by atoms with E-state index in [2.05, 4.69) is 139 Å². The van der Waals surface area contributed by atoms with Crippen molar-refractivity contribution < 1.29 is 37.4 Å². The third-order valence-electron chi connectivity index (χ3n) is 13.7. The topological polar surface area (TPSA) is 89.5 Å². The quantitative estimate of drug-likeness (QED) is 0.0472. The fraction of sp³-hybridized carbons (Fsp3) is 0.655. The molecule has 68 heavy (non-hydrogen) atoms. The number of rotatable bonds is 18. The van der Waals surface area contributed by atoms with E-state index in [4.69, 9.17) is 27.8 Å². The Kier molecular flexibility index (Phi) is 26.1. The summed E-state index contributed by atoms with van der Waals surface area (Å²) in [6.07, 6.45) is 23.2. The van der Waals surface area contributed by atoms with Crippen LogP contribution in [0.25, 0.3) is 0 Å². The molecule has 384 valence electrons. The number of carbonyl (C=O) groups excluding carboxylic acids is 2. The molecule has 1 aromatic rings. The molecule has 0 N–H and O–H groups in total. The van der Waals surface area contributed by atoms with Crippen LogP contribution < -0.4 is 4.74 Å². The minimum absolute atomic E-state index is 0.128. The van der Waals surface area contributed by atoms with Crippen molar-refractivity contribution in [3.05, 3.63) is 102 Å². The number of hydrogen-bond acceptors (Lipinski definition) is 8. The number of carbonyl (C=O) groups is 2. The van der Waals surface area contributed by atoms with Gasteiger partial charge in [0.1, 0.15) is 17.5 Å². The first-order chi connectivity index (χ1) is 31.8. The number of allylic oxidation sites excluding steroid dienone is 6. The maximum Gasteiger partial charge on any atom is 0.331 e. The van der Waals surface area contributed by atoms with Crippen LogP contribution >= 0.6 is 0 Å². The summed E-state index contributed by atoms with van der Waals surface area (Å²) in [4.78, 5) is 25.9. The van der Waals surface area contributed by atoms with Gasteiger partial charge in [-0.05, 0) is 118 Å². The Labute approximate surface area is 417 Å². The molecule has 0 saturated heterocycles. The summed E-state index contributed by atoms with van der Waals surface area (Å²) in [5.41, 5.74) is 4.90. The summed E-state index contributed by atoms with van der Waals surface area (Å²) < 4.78 is 39.5. The third-order valence-corrected chi connectivity index (χ3v) is 25.9. The maximum absolute atomic E-state index is 13.5. The molecule has 2 rings (SSSR count). The van der Waals surface area contributed by atoms with Gasteiger partial charge in [-0.2, -0.15) is 0 Å². The Morgan fingerprint density at radius 2 is 1.35 bits per heavy atom. The molecule has 1 aliphatic rings. The number of methoxy groups -OCH3 is 1. The van der Waals surface area contributed by atoms with Gasteiger partial charge in [-0.1, -0.05) is 162 Å². The highest BCUT2D eigenvalue weighted by atomic mass is 28.4. The van der Waals surface area contributed by atoms with Crippen LogP contribution in [0.4, 0.5) is 0 Å². The van der Waals surface area contributed by atoms with Crippen LogP contribution in [0.15, 0.2) is 96.2 Å². The van der Waals surface area contributed by atoms with E-state index in [1.54, 1.807) is 19.3 Å². The van der Waals surface area contributed by atoms with E-state index in [0.29, 0.717) is 52.7 Å². The van der Waals surface area contributed by atoms with Gasteiger partial charge in [-0.3, -0.25) is 0 Å². The normalized spacial score (nSPS) is 23.2. The lowest BCUT2D eigenvalue weighted by atomic mass is 9.95. The molecule has 0 amide bonds. The molecule has 1 aliphatic heterocycles. The van der Waals surface area contributed by atoms with Crippen LogP contribution in [0.1, 0.15) is 169 Å². The molecule has 0 radical (unpaired) electrons. The molecule has 1 aromatic carbocycles. The molecular weight excluding hydrogens is 881 g/mol. The number of esters is 2. The second-order valence-electron chi connectivity index (χ2n) is 22.1. The second kappa shape index (κ2) is 29.2. The molecule has 0 aromatic heterocycles. The van der Waals surface area contributed by atoms with Gasteiger partial charge in [0.25, 0.3) is 0 Å². The smallest absolute Gasteiger partial charge is 0.331 e. The van der Waals surface area contributed by atoms with Gasteiger partial charge in [-0.25, -0.2) is 9.59 Å². The predicted molar refractivity (Wildman–Crippen MR) is 290 cm³/mol. The first-order valence-corrected chi connectivity index (χ1v) is 30.1. The Bertz CT molecular complexity index is 1800. The molecule has 5 atom stereocenters. The van der Waals surface area contributed by atoms with Gasteiger partial charge in [0.2, 0.25) is 16.6 Å². The highest BCUT2D eigenvalue weighted by Gasteiger charge is 2.48. The second-order valence-corrected chi connectivity index (χ2v) is 32.9. The van der Waals surface area contributed by atoms with Crippen molar-refractivity contribution in [2.45, 2.75) is 233 Å². The third kappa shape index (κ3) is 19.5. The lowest BCUT2D eigenvalue weighted by Gasteiger charge is -2.46. The lowest BCUT2D eigenvalue weighted by molar-refractivity contribution is -0.148. The molecule has 0 bridgehead atoms. The Morgan fingerprint density at radius 3 is 1.90 bits per heavy atom. The molecule has 8 nitrogen and oxygen atoms in total. The number of ether oxygens (including phenoxy) is 4. The van der Waals surface area contributed by atoms with Crippen molar-refractivity contribution >= 4 is 28.6 Å². The summed E-state index contributed by atoms with van der Waals surface area (Å²) in [6, 6.07) is 8.14. The fourth-order valence-electron chi connectivity index (χ4n) is 10.5. The molecule has 0 fully saturated rings. The molecule has 2 unspecified atom stereocenters. The summed E-state index contributed by atoms with van der Waals surface area (Å²) in [5, 5.41) is 0. The molecule has 1 heterocycles. The SMILES string of the molecule is COc1ccc(COC2CC/C=C/C=C(\C)CC([C@H](C)/C=C(C)/C=C/C(=O)OC(C)(C)C)OC(=O)/C=C/CCC[C@H](O[Si](C(C)C)(C(C)C)C(C)C)/C=C/[C@@H]2O[Si](C(C)C)(C(C)C)C(C)C)cc1. The van der Waals surface area contributed by atoms with Gasteiger partial charge in [0.05, 0.1) is 32.0 Å². The van der Waals surface area contributed by atoms with Crippen molar-refractivity contribution in [2.24, 2.45) is 5.92 Å². The van der Waals surface area contributed by atoms with Crippen molar-refractivity contribution in [3.63, 3.8) is 0 Å². The lowest BCUT2D eigenvalue weighted by Crippen LogP contribution is -2.52. The standard InChI is InChI=1S/C58H96O8Si2/c1-41(2)67(42(3)4,43(5)6)65-52-27-23-21-25-29-56(59)63-55(49(15)38-48(14)30-37-57(60)64-58(16,17)18)39-47(13)26-22-20-24-28-53(62-40-50-31-33-51(61-19)34-32-50)54(36-35-52)66-68(44(7)8,45(9)10)46(11)12/h20,22,25-26,29-38,41-46,49,52-55H,21,23-24,27-28,39-40H2,1-19H3/b22-20+,29-25+,36-35+,37-30+,47-26+,48-38+/t49-,52+,53?,54+,55?/m1/s1. The maximum atomic E-state index is 13.5. The van der Waals surface area contributed by atoms with Crippen LogP contribution in [0.3, 0.4) is 0 Å². The summed E-state index contributed by atoms with van der Waals surface area (Å²) >= 11 is 0. The summed E-state index contributed by atoms with van der Waals surface area (Å²) in [5.74, 6) is -0.0647. The molecule has 0 aliphatic carbocycles. The number of hydrogen-bond donors (Lipinski definition) is 0. The van der Waals surface area contributed by atoms with E-state index in [9.17, 15) is 9.59 Å². The number of cyclic esters (lactones) is 1. The van der Waals surface area contributed by atoms with Crippen LogP contribution in [0.2, 0.25) is 33.2 Å². The molecular formula is C58H96O8Si2. The highest BCUT2D eigenvalue weighted by molar-refractivity contribution is 6.78. The summed E-state index contributed by atoms with van der Waals surface area (Å²) in [6.45, 7) is 40.2. The molecule has 0 spiro atoms. The first kappa shape index (κ1) is 60.8. The molecule has 10 heteroatoms. The van der Waals surface area contributed by atoms with Crippen molar-refractivity contribution in [1.29, 1.82) is 0 Å². The van der Waals surface area contributed by atoms with Crippen LogP contribution in [-0.4, -0.2) is 65.7 Å². The van der Waals surface area contributed by atoms with E-state index in [0.717, 1.165) is 48.1 Å². The minimum Gasteiger partial charge on any atom is -0.497 e. The average Bonchev–Trinajstić information content (AvgIpc) is 3.23. The zero-order valence-corrected chi connectivity index (χ0v) is 48.1. The molecule has 0 saturated carbocycles. The Morgan fingerprint density at radius 1 is 0.779 bits per heavy atom. The van der Waals surface area contributed by atoms with Crippen LogP contribution in [0, 0.1) is 5.92 Å². The van der Waals surface area contributed by atoms with Crippen molar-refractivity contribution in [3.8, 4) is 5.75 Å². The van der Waals surface area contributed by atoms with Gasteiger partial charge in [0.15, 0.2) is 0 Å². The van der Waals surface area contributed by atoms with Crippen LogP contribution in [0.5, 0.6) is 5.75 Å². The predicted octanol–water partition coefficient (Wildman–Crippen LogP) is 16.1. The van der Waals surface area contributed by atoms with Crippen LogP contribution in [-0.2, 0) is 39.3 Å². The van der Waals surface area contributed by atoms with E-state index in [1.165, 1.54) is 6.08 Å². The highest BCUT2D eigenvalue weighted by Crippen LogP contribution is 2.45.